The first-order valence-electron chi connectivity index (χ1n) is 11.8. The summed E-state index contributed by atoms with van der Waals surface area (Å²) in [7, 11) is 0. The van der Waals surface area contributed by atoms with Gasteiger partial charge in [0.2, 0.25) is 0 Å². The molecule has 17 heteroatoms. The Labute approximate surface area is 229 Å². The number of benzene rings is 2. The van der Waals surface area contributed by atoms with Crippen molar-refractivity contribution in [2.24, 2.45) is 5.92 Å². The van der Waals surface area contributed by atoms with Crippen LogP contribution in [-0.2, 0) is 25.1 Å². The number of rotatable bonds is 6. The number of likely N-dealkylation sites (tertiary alicyclic amines) is 1. The first-order valence-corrected chi connectivity index (χ1v) is 11.8. The number of H-pyrrole nitrogens is 1. The number of urea groups is 1. The number of halogens is 10. The van der Waals surface area contributed by atoms with E-state index in [4.69, 9.17) is 4.74 Å². The molecule has 1 aliphatic heterocycles. The molecular formula is C25H18F10N4O3. The third-order valence-electron chi connectivity index (χ3n) is 6.12. The molecule has 7 nitrogen and oxygen atoms in total. The van der Waals surface area contributed by atoms with Gasteiger partial charge in [-0.2, -0.15) is 39.5 Å². The summed E-state index contributed by atoms with van der Waals surface area (Å²) in [6, 6.07) is 4.49. The fraction of sp³-hybridized carbons (Fsp3) is 0.320. The summed E-state index contributed by atoms with van der Waals surface area (Å²) < 4.78 is 139. The molecule has 1 aromatic heterocycles. The van der Waals surface area contributed by atoms with Gasteiger partial charge in [-0.05, 0) is 24.3 Å². The molecule has 3 aromatic rings. The van der Waals surface area contributed by atoms with Crippen molar-refractivity contribution in [3.63, 3.8) is 0 Å². The summed E-state index contributed by atoms with van der Waals surface area (Å²) in [5.74, 6) is -3.26. The zero-order valence-electron chi connectivity index (χ0n) is 20.8. The largest absolute Gasteiger partial charge is 0.493 e. The lowest BCUT2D eigenvalue weighted by molar-refractivity contribution is -0.141. The van der Waals surface area contributed by atoms with Crippen molar-refractivity contribution in [2.45, 2.75) is 25.1 Å². The van der Waals surface area contributed by atoms with Crippen LogP contribution in [0.1, 0.15) is 22.4 Å². The topological polar surface area (TPSA) is 87.3 Å². The molecule has 0 saturated carbocycles. The van der Waals surface area contributed by atoms with E-state index >= 15 is 4.39 Å². The maximum Gasteiger partial charge on any atom is 0.433 e. The Morgan fingerprint density at radius 3 is 2.29 bits per heavy atom. The molecule has 0 bridgehead atoms. The summed E-state index contributed by atoms with van der Waals surface area (Å²) >= 11 is 0. The number of amides is 2. The van der Waals surface area contributed by atoms with Gasteiger partial charge in [0.1, 0.15) is 17.4 Å². The molecule has 0 spiro atoms. The molecule has 1 aliphatic rings. The fourth-order valence-electron chi connectivity index (χ4n) is 4.04. The number of nitrogens with zero attached hydrogens (tertiary/aromatic N) is 2. The minimum Gasteiger partial charge on any atom is -0.493 e. The molecule has 226 valence electrons. The van der Waals surface area contributed by atoms with E-state index in [9.17, 15) is 49.1 Å². The van der Waals surface area contributed by atoms with Gasteiger partial charge in [-0.1, -0.05) is 12.1 Å². The molecule has 0 atom stereocenters. The van der Waals surface area contributed by atoms with Gasteiger partial charge in [-0.3, -0.25) is 4.79 Å². The van der Waals surface area contributed by atoms with Crippen LogP contribution < -0.4 is 15.6 Å². The Morgan fingerprint density at radius 1 is 0.976 bits per heavy atom. The van der Waals surface area contributed by atoms with Crippen LogP contribution >= 0.6 is 0 Å². The van der Waals surface area contributed by atoms with Crippen molar-refractivity contribution in [2.75, 3.05) is 19.7 Å². The van der Waals surface area contributed by atoms with Gasteiger partial charge >= 0.3 is 24.6 Å². The van der Waals surface area contributed by atoms with Crippen LogP contribution in [0.5, 0.6) is 5.75 Å². The first-order chi connectivity index (χ1) is 19.4. The third-order valence-corrected chi connectivity index (χ3v) is 6.12. The molecule has 2 heterocycles. The molecule has 42 heavy (non-hydrogen) atoms. The second kappa shape index (κ2) is 11.2. The lowest BCUT2D eigenvalue weighted by atomic mass is 10.0. The highest BCUT2D eigenvalue weighted by Crippen LogP contribution is 2.39. The molecule has 2 amide bonds. The van der Waals surface area contributed by atoms with E-state index < -0.39 is 76.3 Å². The van der Waals surface area contributed by atoms with Crippen molar-refractivity contribution in [1.29, 1.82) is 0 Å². The van der Waals surface area contributed by atoms with E-state index in [2.05, 4.69) is 10.3 Å². The van der Waals surface area contributed by atoms with E-state index in [-0.39, 0.29) is 37.4 Å². The summed E-state index contributed by atoms with van der Waals surface area (Å²) in [5, 5.41) is 2.27. The van der Waals surface area contributed by atoms with Crippen molar-refractivity contribution in [1.82, 2.24) is 20.2 Å². The number of hydrogen-bond donors (Lipinski definition) is 2. The highest BCUT2D eigenvalue weighted by atomic mass is 19.4. The number of aromatic amines is 1. The Morgan fingerprint density at radius 2 is 1.67 bits per heavy atom. The van der Waals surface area contributed by atoms with Crippen LogP contribution in [0.3, 0.4) is 0 Å². The van der Waals surface area contributed by atoms with Crippen LogP contribution in [0.25, 0.3) is 11.4 Å². The molecule has 0 radical (unpaired) electrons. The maximum atomic E-state index is 15.3. The number of carbonyl (C=O) groups excluding carboxylic acids is 1. The Balaban J connectivity index is 1.43. The second-order valence-electron chi connectivity index (χ2n) is 9.20. The molecule has 0 aliphatic carbocycles. The minimum atomic E-state index is -5.24. The maximum absolute atomic E-state index is 15.3. The standard InChI is InChI=1S/C25H18F10N4O3/c26-20-13(4-5-16(24(30,31)32)19(20)21-37-17(25(33,34)35)7-18(40)38-21)8-36-22(41)39-9-12(10-39)11-42-15-3-1-2-14(6-15)23(27,28)29/h1-7,12H,8-11H2,(H,36,41)(H,37,38,40). The van der Waals surface area contributed by atoms with Gasteiger partial charge in [0.15, 0.2) is 5.69 Å². The monoisotopic (exact) mass is 612 g/mol. The van der Waals surface area contributed by atoms with Gasteiger partial charge in [0.25, 0.3) is 5.56 Å². The first kappa shape index (κ1) is 30.6. The lowest BCUT2D eigenvalue weighted by Crippen LogP contribution is -2.55. The van der Waals surface area contributed by atoms with Crippen LogP contribution in [0.2, 0.25) is 0 Å². The second-order valence-corrected chi connectivity index (χ2v) is 9.20. The summed E-state index contributed by atoms with van der Waals surface area (Å²) in [6.07, 6.45) is -15.0. The van der Waals surface area contributed by atoms with Crippen LogP contribution in [-0.4, -0.2) is 40.6 Å². The SMILES string of the molecule is O=C(NCc1ccc(C(F)(F)F)c(-c2nc(C(F)(F)F)cc(=O)[nH]2)c1F)N1CC(COc2cccc(C(F)(F)F)c2)C1. The van der Waals surface area contributed by atoms with Crippen LogP contribution in [0.4, 0.5) is 48.7 Å². The van der Waals surface area contributed by atoms with E-state index in [1.54, 1.807) is 4.98 Å². The number of nitrogens with one attached hydrogen (secondary N) is 2. The fourth-order valence-corrected chi connectivity index (χ4v) is 4.04. The highest BCUT2D eigenvalue weighted by Gasteiger charge is 2.39. The van der Waals surface area contributed by atoms with Gasteiger partial charge in [0, 0.05) is 37.2 Å². The Hall–Kier alpha value is -4.31. The van der Waals surface area contributed by atoms with Crippen molar-refractivity contribution >= 4 is 6.03 Å². The summed E-state index contributed by atoms with van der Waals surface area (Å²) in [6.45, 7) is -0.507. The predicted octanol–water partition coefficient (Wildman–Crippen LogP) is 5.85. The van der Waals surface area contributed by atoms with Gasteiger partial charge in [0.05, 0.1) is 23.3 Å². The van der Waals surface area contributed by atoms with Crippen molar-refractivity contribution < 1.29 is 53.4 Å². The van der Waals surface area contributed by atoms with Gasteiger partial charge < -0.3 is 19.9 Å². The molecule has 1 fully saturated rings. The molecule has 2 aromatic carbocycles. The van der Waals surface area contributed by atoms with E-state index in [1.165, 1.54) is 17.0 Å². The number of carbonyl (C=O) groups is 1. The van der Waals surface area contributed by atoms with Crippen molar-refractivity contribution in [3.05, 3.63) is 81.0 Å². The van der Waals surface area contributed by atoms with Crippen LogP contribution in [0.15, 0.2) is 47.3 Å². The smallest absolute Gasteiger partial charge is 0.433 e. The molecule has 0 unspecified atom stereocenters. The number of aromatic nitrogens is 2. The molecular weight excluding hydrogens is 594 g/mol. The quantitative estimate of drug-likeness (QED) is 0.342. The minimum absolute atomic E-state index is 0.00371. The van der Waals surface area contributed by atoms with E-state index in [0.717, 1.165) is 12.1 Å². The Bertz CT molecular complexity index is 1530. The zero-order chi connectivity index (χ0) is 31.0. The van der Waals surface area contributed by atoms with Gasteiger partial charge in [-0.25, -0.2) is 14.2 Å². The number of hydrogen-bond acceptors (Lipinski definition) is 4. The number of ether oxygens (including phenoxy) is 1. The lowest BCUT2D eigenvalue weighted by Gasteiger charge is -2.38. The van der Waals surface area contributed by atoms with Gasteiger partial charge in [-0.15, -0.1) is 0 Å². The van der Waals surface area contributed by atoms with E-state index in [0.29, 0.717) is 12.1 Å². The average Bonchev–Trinajstić information content (AvgIpc) is 2.85. The average molecular weight is 612 g/mol. The van der Waals surface area contributed by atoms with E-state index in [1.807, 2.05) is 0 Å². The normalized spacial score (nSPS) is 14.5. The predicted molar refractivity (Wildman–Crippen MR) is 124 cm³/mol. The van der Waals surface area contributed by atoms with Crippen molar-refractivity contribution in [3.8, 4) is 17.1 Å². The molecule has 4 rings (SSSR count). The highest BCUT2D eigenvalue weighted by molar-refractivity contribution is 5.75. The van der Waals surface area contributed by atoms with Crippen LogP contribution in [0, 0.1) is 11.7 Å². The molecule has 1 saturated heterocycles. The molecule has 2 N–H and O–H groups in total. The summed E-state index contributed by atoms with van der Waals surface area (Å²) in [5.41, 5.74) is -7.89. The summed E-state index contributed by atoms with van der Waals surface area (Å²) in [4.78, 5) is 30.0. The number of alkyl halides is 9. The zero-order valence-corrected chi connectivity index (χ0v) is 20.8. The Kier molecular flexibility index (Phi) is 8.15. The third kappa shape index (κ3) is 6.94.